The average molecular weight is 309 g/mol. The quantitative estimate of drug-likeness (QED) is 0.902. The van der Waals surface area contributed by atoms with E-state index in [-0.39, 0.29) is 12.4 Å². The molecule has 2 rings (SSSR count). The van der Waals surface area contributed by atoms with Crippen LogP contribution in [-0.2, 0) is 0 Å². The van der Waals surface area contributed by atoms with Gasteiger partial charge in [-0.1, -0.05) is 29.3 Å². The smallest absolute Gasteiger partial charge is 0.314 e. The fraction of sp³-hybridized carbons (Fsp3) is 0.571. The Bertz CT molecular complexity index is 422. The number of nitrogens with zero attached hydrogens (tertiary/aromatic N) is 1. The molecule has 1 N–H and O–H groups in total. The highest BCUT2D eigenvalue weighted by Crippen LogP contribution is 2.38. The highest BCUT2D eigenvalue weighted by Gasteiger charge is 2.44. The highest BCUT2D eigenvalue weighted by molar-refractivity contribution is 5.85. The summed E-state index contributed by atoms with van der Waals surface area (Å²) in [5.41, 5.74) is 2.10. The van der Waals surface area contributed by atoms with Crippen molar-refractivity contribution >= 4 is 12.4 Å². The summed E-state index contributed by atoms with van der Waals surface area (Å²) in [4.78, 5) is 1.52. The Morgan fingerprint density at radius 1 is 1.05 bits per heavy atom. The number of nitrogens with one attached hydrogen (secondary N) is 1. The molecule has 114 valence electrons. The Balaban J connectivity index is 0.00000200. The normalized spacial score (nSPS) is 18.4. The third-order valence-electron chi connectivity index (χ3n) is 3.39. The van der Waals surface area contributed by atoms with Gasteiger partial charge in [0.2, 0.25) is 0 Å². The first kappa shape index (κ1) is 17.3. The standard InChI is InChI=1S/C14H19F3N2.ClH/c1-10-7-11(2)9-12(8-10)13(14(15,16)17)19-5-3-18-4-6-19;/h7-9,13,18H,3-6H2,1-2H3;1H/t13-;/m1./s1. The Morgan fingerprint density at radius 2 is 1.55 bits per heavy atom. The van der Waals surface area contributed by atoms with E-state index < -0.39 is 12.2 Å². The second-order valence-electron chi connectivity index (χ2n) is 5.15. The van der Waals surface area contributed by atoms with Crippen LogP contribution < -0.4 is 5.32 Å². The van der Waals surface area contributed by atoms with Crippen molar-refractivity contribution in [2.45, 2.75) is 26.1 Å². The van der Waals surface area contributed by atoms with E-state index >= 15 is 0 Å². The van der Waals surface area contributed by atoms with Crippen molar-refractivity contribution in [3.63, 3.8) is 0 Å². The van der Waals surface area contributed by atoms with Gasteiger partial charge in [-0.05, 0) is 19.4 Å². The van der Waals surface area contributed by atoms with Gasteiger partial charge in [0.1, 0.15) is 6.04 Å². The Morgan fingerprint density at radius 3 is 2.00 bits per heavy atom. The second kappa shape index (κ2) is 6.78. The van der Waals surface area contributed by atoms with E-state index in [4.69, 9.17) is 0 Å². The minimum atomic E-state index is -4.24. The monoisotopic (exact) mass is 308 g/mol. The fourth-order valence-corrected chi connectivity index (χ4v) is 2.71. The van der Waals surface area contributed by atoms with Crippen LogP contribution in [0.4, 0.5) is 13.2 Å². The lowest BCUT2D eigenvalue weighted by Gasteiger charge is -2.36. The maximum atomic E-state index is 13.4. The third-order valence-corrected chi connectivity index (χ3v) is 3.39. The van der Waals surface area contributed by atoms with Gasteiger partial charge in [-0.15, -0.1) is 12.4 Å². The number of benzene rings is 1. The Kier molecular flexibility index (Phi) is 5.86. The van der Waals surface area contributed by atoms with Crippen LogP contribution in [0, 0.1) is 13.8 Å². The van der Waals surface area contributed by atoms with Crippen molar-refractivity contribution in [3.05, 3.63) is 34.9 Å². The molecule has 2 nitrogen and oxygen atoms in total. The first-order valence-corrected chi connectivity index (χ1v) is 6.47. The number of piperazine rings is 1. The van der Waals surface area contributed by atoms with Crippen LogP contribution in [-0.4, -0.2) is 37.3 Å². The molecule has 0 aromatic heterocycles. The molecule has 1 saturated heterocycles. The summed E-state index contributed by atoms with van der Waals surface area (Å²) in [6, 6.07) is 3.70. The van der Waals surface area contributed by atoms with Crippen LogP contribution in [0.2, 0.25) is 0 Å². The number of rotatable bonds is 2. The van der Waals surface area contributed by atoms with Crippen LogP contribution in [0.5, 0.6) is 0 Å². The molecule has 1 heterocycles. The van der Waals surface area contributed by atoms with Gasteiger partial charge in [-0.25, -0.2) is 0 Å². The van der Waals surface area contributed by atoms with Gasteiger partial charge in [0, 0.05) is 26.2 Å². The first-order valence-electron chi connectivity index (χ1n) is 6.47. The minimum Gasteiger partial charge on any atom is -0.314 e. The van der Waals surface area contributed by atoms with Crippen molar-refractivity contribution in [2.75, 3.05) is 26.2 Å². The minimum absolute atomic E-state index is 0. The van der Waals surface area contributed by atoms with Gasteiger partial charge in [-0.2, -0.15) is 13.2 Å². The number of alkyl halides is 3. The zero-order valence-electron chi connectivity index (χ0n) is 11.6. The van der Waals surface area contributed by atoms with Crippen LogP contribution in [0.3, 0.4) is 0 Å². The molecule has 6 heteroatoms. The third kappa shape index (κ3) is 4.11. The summed E-state index contributed by atoms with van der Waals surface area (Å²) in [5.74, 6) is 0. The topological polar surface area (TPSA) is 15.3 Å². The number of hydrogen-bond donors (Lipinski definition) is 1. The van der Waals surface area contributed by atoms with Crippen molar-refractivity contribution in [1.29, 1.82) is 0 Å². The molecule has 0 spiro atoms. The van der Waals surface area contributed by atoms with Crippen LogP contribution in [0.25, 0.3) is 0 Å². The SMILES string of the molecule is Cc1cc(C)cc([C@@H](N2CCNCC2)C(F)(F)F)c1.Cl. The molecule has 0 radical (unpaired) electrons. The van der Waals surface area contributed by atoms with Gasteiger partial charge in [0.15, 0.2) is 0 Å². The molecule has 1 aliphatic rings. The zero-order chi connectivity index (χ0) is 14.0. The average Bonchev–Trinajstić information content (AvgIpc) is 2.27. The molecular weight excluding hydrogens is 289 g/mol. The van der Waals surface area contributed by atoms with Gasteiger partial charge in [0.05, 0.1) is 0 Å². The van der Waals surface area contributed by atoms with Crippen LogP contribution in [0.1, 0.15) is 22.7 Å². The van der Waals surface area contributed by atoms with Crippen molar-refractivity contribution < 1.29 is 13.2 Å². The first-order chi connectivity index (χ1) is 8.88. The van der Waals surface area contributed by atoms with Gasteiger partial charge in [-0.3, -0.25) is 4.90 Å². The predicted molar refractivity (Wildman–Crippen MR) is 76.4 cm³/mol. The van der Waals surface area contributed by atoms with Crippen molar-refractivity contribution in [1.82, 2.24) is 10.2 Å². The fourth-order valence-electron chi connectivity index (χ4n) is 2.71. The zero-order valence-corrected chi connectivity index (χ0v) is 12.4. The van der Waals surface area contributed by atoms with Crippen LogP contribution in [0.15, 0.2) is 18.2 Å². The molecular formula is C14H20ClF3N2. The van der Waals surface area contributed by atoms with Crippen molar-refractivity contribution in [2.24, 2.45) is 0 Å². The molecule has 0 unspecified atom stereocenters. The molecule has 0 bridgehead atoms. The molecule has 1 aliphatic heterocycles. The van der Waals surface area contributed by atoms with E-state index in [1.807, 2.05) is 19.9 Å². The lowest BCUT2D eigenvalue weighted by atomic mass is 9.99. The van der Waals surface area contributed by atoms with E-state index in [0.717, 1.165) is 11.1 Å². The lowest BCUT2D eigenvalue weighted by molar-refractivity contribution is -0.187. The lowest BCUT2D eigenvalue weighted by Crippen LogP contribution is -2.49. The second-order valence-corrected chi connectivity index (χ2v) is 5.15. The summed E-state index contributed by atoms with van der Waals surface area (Å²) < 4.78 is 40.2. The van der Waals surface area contributed by atoms with Gasteiger partial charge >= 0.3 is 6.18 Å². The summed E-state index contributed by atoms with van der Waals surface area (Å²) in [5, 5.41) is 3.09. The molecule has 1 aromatic carbocycles. The van der Waals surface area contributed by atoms with Gasteiger partial charge < -0.3 is 5.32 Å². The molecule has 1 fully saturated rings. The molecule has 1 atom stereocenters. The van der Waals surface area contributed by atoms with E-state index in [9.17, 15) is 13.2 Å². The number of hydrogen-bond acceptors (Lipinski definition) is 2. The van der Waals surface area contributed by atoms with Crippen LogP contribution >= 0.6 is 12.4 Å². The largest absolute Gasteiger partial charge is 0.408 e. The van der Waals surface area contributed by atoms with Gasteiger partial charge in [0.25, 0.3) is 0 Å². The van der Waals surface area contributed by atoms with E-state index in [1.54, 1.807) is 12.1 Å². The molecule has 0 aliphatic carbocycles. The maximum Gasteiger partial charge on any atom is 0.408 e. The summed E-state index contributed by atoms with van der Waals surface area (Å²) >= 11 is 0. The predicted octanol–water partition coefficient (Wildman–Crippen LogP) is 3.23. The highest BCUT2D eigenvalue weighted by atomic mass is 35.5. The molecule has 1 aromatic rings. The maximum absolute atomic E-state index is 13.4. The summed E-state index contributed by atoms with van der Waals surface area (Å²) in [6.45, 7) is 5.74. The van der Waals surface area contributed by atoms with Crippen molar-refractivity contribution in [3.8, 4) is 0 Å². The Labute approximate surface area is 123 Å². The molecule has 0 amide bonds. The molecule has 20 heavy (non-hydrogen) atoms. The van der Waals surface area contributed by atoms with E-state index in [2.05, 4.69) is 5.32 Å². The number of aryl methyl sites for hydroxylation is 2. The Hall–Kier alpha value is -0.780. The summed E-state index contributed by atoms with van der Waals surface area (Å²) in [7, 11) is 0. The summed E-state index contributed by atoms with van der Waals surface area (Å²) in [6.07, 6.45) is -4.24. The molecule has 0 saturated carbocycles. The van der Waals surface area contributed by atoms with E-state index in [0.29, 0.717) is 31.7 Å². The number of halogens is 4. The van der Waals surface area contributed by atoms with E-state index in [1.165, 1.54) is 4.90 Å².